The molecule has 1 amide bonds. The lowest BCUT2D eigenvalue weighted by atomic mass is 10.2. The van der Waals surface area contributed by atoms with Gasteiger partial charge in [0.2, 0.25) is 0 Å². The number of hydrogen-bond donors (Lipinski definition) is 1. The van der Waals surface area contributed by atoms with Crippen molar-refractivity contribution in [3.05, 3.63) is 89.1 Å². The number of nitrogens with zero attached hydrogens (tertiary/aromatic N) is 3. The number of hydrogen-bond acceptors (Lipinski definition) is 7. The lowest BCUT2D eigenvalue weighted by Gasteiger charge is -2.13. The van der Waals surface area contributed by atoms with E-state index in [4.69, 9.17) is 9.15 Å². The molecule has 0 saturated carbocycles. The number of ether oxygens (including phenoxy) is 1. The SMILES string of the molecule is CCOc1ccc(-n2c(SCC(=O)NN=CC=Cc3ccco3)nc3ccccc3c2=O)cc1. The van der Waals surface area contributed by atoms with Gasteiger partial charge in [-0.25, -0.2) is 10.4 Å². The van der Waals surface area contributed by atoms with Crippen LogP contribution in [0.1, 0.15) is 12.7 Å². The number of carbonyl (C=O) groups excluding carboxylic acids is 1. The van der Waals surface area contributed by atoms with E-state index in [1.807, 2.05) is 13.0 Å². The molecule has 0 saturated heterocycles. The molecule has 2 aromatic carbocycles. The van der Waals surface area contributed by atoms with E-state index in [2.05, 4.69) is 15.5 Å². The molecule has 0 atom stereocenters. The second kappa shape index (κ2) is 11.2. The van der Waals surface area contributed by atoms with Crippen LogP contribution in [0.25, 0.3) is 22.7 Å². The highest BCUT2D eigenvalue weighted by Crippen LogP contribution is 2.22. The summed E-state index contributed by atoms with van der Waals surface area (Å²) in [5.41, 5.74) is 3.46. The van der Waals surface area contributed by atoms with Crippen LogP contribution in [0.5, 0.6) is 5.75 Å². The number of rotatable bonds is 9. The van der Waals surface area contributed by atoms with Gasteiger partial charge >= 0.3 is 0 Å². The molecule has 1 N–H and O–H groups in total. The molecule has 9 heteroatoms. The Labute approximate surface area is 200 Å². The highest BCUT2D eigenvalue weighted by molar-refractivity contribution is 7.99. The molecule has 0 aliphatic rings. The lowest BCUT2D eigenvalue weighted by molar-refractivity contribution is -0.118. The largest absolute Gasteiger partial charge is 0.494 e. The van der Waals surface area contributed by atoms with Gasteiger partial charge in [-0.2, -0.15) is 5.10 Å². The van der Waals surface area contributed by atoms with Crippen molar-refractivity contribution in [2.24, 2.45) is 5.10 Å². The number of allylic oxidation sites excluding steroid dienone is 1. The molecule has 0 aliphatic carbocycles. The fourth-order valence-corrected chi connectivity index (χ4v) is 3.94. The summed E-state index contributed by atoms with van der Waals surface area (Å²) in [5, 5.41) is 4.79. The third-order valence-corrected chi connectivity index (χ3v) is 5.58. The minimum absolute atomic E-state index is 0.0288. The fourth-order valence-electron chi connectivity index (χ4n) is 3.13. The summed E-state index contributed by atoms with van der Waals surface area (Å²) >= 11 is 1.16. The van der Waals surface area contributed by atoms with E-state index in [0.29, 0.717) is 39.9 Å². The monoisotopic (exact) mass is 474 g/mol. The van der Waals surface area contributed by atoms with Gasteiger partial charge < -0.3 is 9.15 Å². The van der Waals surface area contributed by atoms with E-state index in [0.717, 1.165) is 11.8 Å². The summed E-state index contributed by atoms with van der Waals surface area (Å²) in [6, 6.07) is 17.9. The average Bonchev–Trinajstić information content (AvgIpc) is 3.37. The molecule has 0 radical (unpaired) electrons. The fraction of sp³-hybridized carbons (Fsp3) is 0.120. The van der Waals surface area contributed by atoms with Crippen molar-refractivity contribution < 1.29 is 13.9 Å². The van der Waals surface area contributed by atoms with Crippen LogP contribution in [0.3, 0.4) is 0 Å². The first-order valence-corrected chi connectivity index (χ1v) is 11.5. The van der Waals surface area contributed by atoms with Crippen molar-refractivity contribution in [2.45, 2.75) is 12.1 Å². The Morgan fingerprint density at radius 2 is 2.00 bits per heavy atom. The number of amides is 1. The molecule has 8 nitrogen and oxygen atoms in total. The zero-order chi connectivity index (χ0) is 23.8. The maximum atomic E-state index is 13.3. The van der Waals surface area contributed by atoms with E-state index in [1.54, 1.807) is 73.0 Å². The number of hydrazone groups is 1. The number of furan rings is 1. The third kappa shape index (κ3) is 5.62. The van der Waals surface area contributed by atoms with Gasteiger partial charge in [-0.05, 0) is 67.6 Å². The van der Waals surface area contributed by atoms with Crippen LogP contribution in [-0.2, 0) is 4.79 Å². The second-order valence-electron chi connectivity index (χ2n) is 6.96. The number of para-hydroxylation sites is 1. The highest BCUT2D eigenvalue weighted by atomic mass is 32.2. The Hall–Kier alpha value is -4.11. The van der Waals surface area contributed by atoms with Gasteiger partial charge in [0.1, 0.15) is 11.5 Å². The summed E-state index contributed by atoms with van der Waals surface area (Å²) in [7, 11) is 0. The van der Waals surface area contributed by atoms with Crippen molar-refractivity contribution in [1.29, 1.82) is 0 Å². The van der Waals surface area contributed by atoms with Crippen LogP contribution in [0, 0.1) is 0 Å². The first-order chi connectivity index (χ1) is 16.7. The number of aromatic nitrogens is 2. The predicted octanol–water partition coefficient (Wildman–Crippen LogP) is 4.28. The smallest absolute Gasteiger partial charge is 0.266 e. The second-order valence-corrected chi connectivity index (χ2v) is 7.90. The molecule has 0 bridgehead atoms. The van der Waals surface area contributed by atoms with Crippen LogP contribution in [-0.4, -0.2) is 34.0 Å². The normalized spacial score (nSPS) is 11.4. The van der Waals surface area contributed by atoms with Gasteiger partial charge in [-0.3, -0.25) is 14.2 Å². The van der Waals surface area contributed by atoms with Crippen LogP contribution < -0.4 is 15.7 Å². The Bertz CT molecular complexity index is 1380. The Balaban J connectivity index is 1.52. The minimum Gasteiger partial charge on any atom is -0.494 e. The zero-order valence-corrected chi connectivity index (χ0v) is 19.2. The summed E-state index contributed by atoms with van der Waals surface area (Å²) in [6.07, 6.45) is 6.40. The lowest BCUT2D eigenvalue weighted by Crippen LogP contribution is -2.24. The Morgan fingerprint density at radius 1 is 1.18 bits per heavy atom. The molecule has 0 spiro atoms. The number of nitrogens with one attached hydrogen (secondary N) is 1. The predicted molar refractivity (Wildman–Crippen MR) is 134 cm³/mol. The maximum absolute atomic E-state index is 13.3. The van der Waals surface area contributed by atoms with Gasteiger partial charge in [0.05, 0.1) is 35.2 Å². The van der Waals surface area contributed by atoms with E-state index in [9.17, 15) is 9.59 Å². The molecule has 2 heterocycles. The quantitative estimate of drug-likeness (QED) is 0.168. The summed E-state index contributed by atoms with van der Waals surface area (Å²) < 4.78 is 12.2. The molecule has 0 aliphatic heterocycles. The van der Waals surface area contributed by atoms with Gasteiger partial charge in [0, 0.05) is 6.21 Å². The van der Waals surface area contributed by atoms with E-state index >= 15 is 0 Å². The van der Waals surface area contributed by atoms with Crippen LogP contribution in [0.4, 0.5) is 0 Å². The van der Waals surface area contributed by atoms with Crippen LogP contribution >= 0.6 is 11.8 Å². The summed E-state index contributed by atoms with van der Waals surface area (Å²) in [5.74, 6) is 1.10. The van der Waals surface area contributed by atoms with Crippen molar-refractivity contribution in [2.75, 3.05) is 12.4 Å². The Kier molecular flexibility index (Phi) is 7.56. The first-order valence-electron chi connectivity index (χ1n) is 10.6. The summed E-state index contributed by atoms with van der Waals surface area (Å²) in [6.45, 7) is 2.46. The van der Waals surface area contributed by atoms with Crippen LogP contribution in [0.2, 0.25) is 0 Å². The average molecular weight is 475 g/mol. The molecule has 2 aromatic heterocycles. The maximum Gasteiger partial charge on any atom is 0.266 e. The van der Waals surface area contributed by atoms with Gasteiger partial charge in [-0.1, -0.05) is 23.9 Å². The van der Waals surface area contributed by atoms with Crippen LogP contribution in [0.15, 0.2) is 92.5 Å². The number of fused-ring (bicyclic) bond motifs is 1. The molecule has 0 unspecified atom stereocenters. The van der Waals surface area contributed by atoms with Gasteiger partial charge in [0.25, 0.3) is 11.5 Å². The van der Waals surface area contributed by atoms with Crippen molar-refractivity contribution in [1.82, 2.24) is 15.0 Å². The molecule has 0 fully saturated rings. The third-order valence-electron chi connectivity index (χ3n) is 4.64. The number of thioether (sulfide) groups is 1. The Morgan fingerprint density at radius 3 is 2.76 bits per heavy atom. The minimum atomic E-state index is -0.326. The van der Waals surface area contributed by atoms with Crippen molar-refractivity contribution >= 4 is 40.9 Å². The topological polar surface area (TPSA) is 98.7 Å². The molecular weight excluding hydrogens is 452 g/mol. The number of benzene rings is 2. The van der Waals surface area contributed by atoms with Gasteiger partial charge in [-0.15, -0.1) is 0 Å². The molecule has 172 valence electrons. The molecule has 4 aromatic rings. The first kappa shape index (κ1) is 23.1. The van der Waals surface area contributed by atoms with E-state index < -0.39 is 0 Å². The molecule has 34 heavy (non-hydrogen) atoms. The summed E-state index contributed by atoms with van der Waals surface area (Å²) in [4.78, 5) is 30.2. The number of carbonyl (C=O) groups is 1. The van der Waals surface area contributed by atoms with Gasteiger partial charge in [0.15, 0.2) is 5.16 Å². The zero-order valence-electron chi connectivity index (χ0n) is 18.4. The molecule has 4 rings (SSSR count). The van der Waals surface area contributed by atoms with Crippen molar-refractivity contribution in [3.63, 3.8) is 0 Å². The van der Waals surface area contributed by atoms with E-state index in [1.165, 1.54) is 10.8 Å². The standard InChI is InChI=1S/C25H22N4O4S/c1-2-32-20-13-11-18(12-14-20)29-24(31)21-9-3-4-10-22(21)27-25(29)34-17-23(30)28-26-15-5-7-19-8-6-16-33-19/h3-16H,2,17H2,1H3,(H,28,30). The van der Waals surface area contributed by atoms with E-state index in [-0.39, 0.29) is 17.2 Å². The van der Waals surface area contributed by atoms with Crippen molar-refractivity contribution in [3.8, 4) is 11.4 Å². The highest BCUT2D eigenvalue weighted by Gasteiger charge is 2.15. The molecular formula is C25H22N4O4S.